The summed E-state index contributed by atoms with van der Waals surface area (Å²) in [6.07, 6.45) is 12.4. The molecule has 208 valence electrons. The quantitative estimate of drug-likeness (QED) is 0.261. The van der Waals surface area contributed by atoms with Gasteiger partial charge in [0.05, 0.1) is 0 Å². The Morgan fingerprint density at radius 3 is 1.36 bits per heavy atom. The molecule has 0 atom stereocenters. The average Bonchev–Trinajstić information content (AvgIpc) is 3.01. The molecular formula is C31H42N6O2. The van der Waals surface area contributed by atoms with Crippen LogP contribution in [0.2, 0.25) is 0 Å². The Kier molecular flexibility index (Phi) is 9.61. The van der Waals surface area contributed by atoms with E-state index in [-0.39, 0.29) is 0 Å². The highest BCUT2D eigenvalue weighted by Gasteiger charge is 2.32. The summed E-state index contributed by atoms with van der Waals surface area (Å²) < 4.78 is 0. The molecule has 5 rings (SSSR count). The van der Waals surface area contributed by atoms with E-state index in [9.17, 15) is 0 Å². The Labute approximate surface area is 232 Å². The minimum Gasteiger partial charge on any atom is -0.335 e. The molecule has 3 aromatic rings. The SMILES string of the molecule is CN(OCc1ccccc1)c1nc(N(C)OCc2ccccc2)nc(N(C2CCCCC2)C2CCCCC2)n1. The fourth-order valence-corrected chi connectivity index (χ4v) is 5.69. The molecule has 2 aromatic carbocycles. The number of hydrogen-bond acceptors (Lipinski definition) is 8. The Balaban J connectivity index is 1.43. The van der Waals surface area contributed by atoms with E-state index in [1.54, 1.807) is 10.1 Å². The van der Waals surface area contributed by atoms with Gasteiger partial charge in [-0.15, -0.1) is 0 Å². The summed E-state index contributed by atoms with van der Waals surface area (Å²) in [6, 6.07) is 21.2. The van der Waals surface area contributed by atoms with Gasteiger partial charge >= 0.3 is 0 Å². The van der Waals surface area contributed by atoms with Crippen molar-refractivity contribution in [2.75, 3.05) is 29.1 Å². The van der Waals surface area contributed by atoms with Gasteiger partial charge in [-0.1, -0.05) is 99.2 Å². The third kappa shape index (κ3) is 7.46. The molecule has 0 N–H and O–H groups in total. The molecule has 2 saturated carbocycles. The summed E-state index contributed by atoms with van der Waals surface area (Å²) in [7, 11) is 3.73. The normalized spacial score (nSPS) is 16.7. The van der Waals surface area contributed by atoms with Crippen LogP contribution in [0.4, 0.5) is 17.8 Å². The first kappa shape index (κ1) is 27.3. The van der Waals surface area contributed by atoms with Crippen LogP contribution in [-0.4, -0.2) is 41.1 Å². The predicted octanol–water partition coefficient (Wildman–Crippen LogP) is 6.48. The van der Waals surface area contributed by atoms with Crippen molar-refractivity contribution in [3.8, 4) is 0 Å². The fraction of sp³-hybridized carbons (Fsp3) is 0.516. The standard InChI is InChI=1S/C31H42N6O2/c1-35(38-23-25-15-7-3-8-16-25)29-32-30(36(2)39-24-26-17-9-4-10-18-26)34-31(33-29)37(27-19-11-5-12-20-27)28-21-13-6-14-22-28/h3-4,7-10,15-18,27-28H,5-6,11-14,19-24H2,1-2H3. The minimum absolute atomic E-state index is 0.434. The van der Waals surface area contributed by atoms with Crippen LogP contribution in [0.25, 0.3) is 0 Å². The first-order valence-electron chi connectivity index (χ1n) is 14.5. The second-order valence-corrected chi connectivity index (χ2v) is 10.7. The first-order chi connectivity index (χ1) is 19.2. The van der Waals surface area contributed by atoms with Crippen LogP contribution in [0.1, 0.15) is 75.3 Å². The van der Waals surface area contributed by atoms with Gasteiger partial charge in [0.2, 0.25) is 5.95 Å². The molecule has 2 aliphatic rings. The van der Waals surface area contributed by atoms with Crippen molar-refractivity contribution in [1.82, 2.24) is 15.0 Å². The third-order valence-corrected chi connectivity index (χ3v) is 7.87. The van der Waals surface area contributed by atoms with Crippen molar-refractivity contribution < 1.29 is 9.68 Å². The maximum absolute atomic E-state index is 6.11. The topological polar surface area (TPSA) is 66.8 Å². The van der Waals surface area contributed by atoms with Crippen molar-refractivity contribution in [2.45, 2.75) is 89.5 Å². The van der Waals surface area contributed by atoms with Gasteiger partial charge in [-0.25, -0.2) is 10.1 Å². The van der Waals surface area contributed by atoms with E-state index in [4.69, 9.17) is 24.6 Å². The molecule has 0 bridgehead atoms. The highest BCUT2D eigenvalue weighted by Crippen LogP contribution is 2.34. The van der Waals surface area contributed by atoms with Gasteiger partial charge in [0, 0.05) is 26.2 Å². The summed E-state index contributed by atoms with van der Waals surface area (Å²) in [5.74, 6) is 1.70. The zero-order chi connectivity index (χ0) is 26.9. The van der Waals surface area contributed by atoms with Crippen LogP contribution in [0.15, 0.2) is 60.7 Å². The molecule has 2 fully saturated rings. The van der Waals surface area contributed by atoms with Gasteiger partial charge < -0.3 is 4.90 Å². The van der Waals surface area contributed by atoms with Gasteiger partial charge in [0.15, 0.2) is 0 Å². The van der Waals surface area contributed by atoms with E-state index in [0.717, 1.165) is 17.1 Å². The van der Waals surface area contributed by atoms with Gasteiger partial charge in [-0.2, -0.15) is 15.0 Å². The molecule has 0 aliphatic heterocycles. The molecule has 39 heavy (non-hydrogen) atoms. The van der Waals surface area contributed by atoms with Crippen molar-refractivity contribution in [1.29, 1.82) is 0 Å². The number of anilines is 3. The summed E-state index contributed by atoms with van der Waals surface area (Å²) in [6.45, 7) is 0.867. The second-order valence-electron chi connectivity index (χ2n) is 10.7. The van der Waals surface area contributed by atoms with Crippen LogP contribution in [0.5, 0.6) is 0 Å². The largest absolute Gasteiger partial charge is 0.335 e. The van der Waals surface area contributed by atoms with E-state index >= 15 is 0 Å². The number of benzene rings is 2. The first-order valence-corrected chi connectivity index (χ1v) is 14.5. The van der Waals surface area contributed by atoms with E-state index in [1.165, 1.54) is 64.2 Å². The van der Waals surface area contributed by atoms with E-state index < -0.39 is 0 Å². The van der Waals surface area contributed by atoms with Gasteiger partial charge in [-0.3, -0.25) is 9.68 Å². The van der Waals surface area contributed by atoms with Gasteiger partial charge in [0.1, 0.15) is 13.2 Å². The smallest absolute Gasteiger partial charge is 0.256 e. The molecule has 1 aromatic heterocycles. The van der Waals surface area contributed by atoms with Gasteiger partial charge in [-0.05, 0) is 36.8 Å². The highest BCUT2D eigenvalue weighted by molar-refractivity contribution is 5.46. The Bertz CT molecular complexity index is 1050. The van der Waals surface area contributed by atoms with Crippen molar-refractivity contribution in [3.63, 3.8) is 0 Å². The molecule has 1 heterocycles. The summed E-state index contributed by atoms with van der Waals surface area (Å²) in [5, 5.41) is 3.32. The van der Waals surface area contributed by atoms with E-state index in [1.807, 2.05) is 50.5 Å². The van der Waals surface area contributed by atoms with Crippen LogP contribution in [-0.2, 0) is 22.9 Å². The molecule has 0 spiro atoms. The third-order valence-electron chi connectivity index (χ3n) is 7.87. The monoisotopic (exact) mass is 530 g/mol. The predicted molar refractivity (Wildman–Crippen MR) is 155 cm³/mol. The molecular weight excluding hydrogens is 488 g/mol. The van der Waals surface area contributed by atoms with Gasteiger partial charge in [0.25, 0.3) is 11.9 Å². The maximum atomic E-state index is 6.11. The van der Waals surface area contributed by atoms with E-state index in [0.29, 0.717) is 37.2 Å². The van der Waals surface area contributed by atoms with Crippen LogP contribution in [0.3, 0.4) is 0 Å². The van der Waals surface area contributed by atoms with Crippen LogP contribution in [0, 0.1) is 0 Å². The van der Waals surface area contributed by atoms with Crippen molar-refractivity contribution >= 4 is 17.8 Å². The Morgan fingerprint density at radius 2 is 0.949 bits per heavy atom. The van der Waals surface area contributed by atoms with Crippen molar-refractivity contribution in [2.24, 2.45) is 0 Å². The molecule has 8 heteroatoms. The molecule has 8 nitrogen and oxygen atoms in total. The molecule has 2 aliphatic carbocycles. The number of hydroxylamine groups is 2. The molecule has 0 unspecified atom stereocenters. The zero-order valence-electron chi connectivity index (χ0n) is 23.4. The Hall–Kier alpha value is -3.23. The number of hydrogen-bond donors (Lipinski definition) is 0. The maximum Gasteiger partial charge on any atom is 0.256 e. The van der Waals surface area contributed by atoms with Crippen molar-refractivity contribution in [3.05, 3.63) is 71.8 Å². The second kappa shape index (κ2) is 13.7. The number of rotatable bonds is 11. The zero-order valence-corrected chi connectivity index (χ0v) is 23.4. The van der Waals surface area contributed by atoms with E-state index in [2.05, 4.69) is 29.2 Å². The fourth-order valence-electron chi connectivity index (χ4n) is 5.69. The number of aromatic nitrogens is 3. The summed E-state index contributed by atoms with van der Waals surface area (Å²) in [4.78, 5) is 29.6. The lowest BCUT2D eigenvalue weighted by molar-refractivity contribution is 0.0994. The summed E-state index contributed by atoms with van der Waals surface area (Å²) in [5.41, 5.74) is 2.18. The van der Waals surface area contributed by atoms with Crippen LogP contribution >= 0.6 is 0 Å². The highest BCUT2D eigenvalue weighted by atomic mass is 16.7. The lowest BCUT2D eigenvalue weighted by Crippen LogP contribution is -2.46. The molecule has 0 amide bonds. The molecule has 0 radical (unpaired) electrons. The Morgan fingerprint density at radius 1 is 0.564 bits per heavy atom. The average molecular weight is 531 g/mol. The summed E-state index contributed by atoms with van der Waals surface area (Å²) >= 11 is 0. The lowest BCUT2D eigenvalue weighted by Gasteiger charge is -2.42. The lowest BCUT2D eigenvalue weighted by atomic mass is 9.89. The molecule has 0 saturated heterocycles. The van der Waals surface area contributed by atoms with Crippen LogP contribution < -0.4 is 15.0 Å². The number of nitrogens with zero attached hydrogens (tertiary/aromatic N) is 6. The minimum atomic E-state index is 0.434.